The van der Waals surface area contributed by atoms with Crippen LogP contribution in [0.1, 0.15) is 19.3 Å². The number of para-hydroxylation sites is 1. The number of halogens is 2. The van der Waals surface area contributed by atoms with E-state index in [0.717, 1.165) is 6.42 Å². The number of hydrogen-bond acceptors (Lipinski definition) is 2. The topological polar surface area (TPSA) is 55.1 Å². The van der Waals surface area contributed by atoms with Crippen molar-refractivity contribution in [3.63, 3.8) is 0 Å². The summed E-state index contributed by atoms with van der Waals surface area (Å²) in [5.74, 6) is -0.214. The maximum atomic E-state index is 11.9. The van der Waals surface area contributed by atoms with Gasteiger partial charge in [0.1, 0.15) is 0 Å². The first-order valence-electron chi connectivity index (χ1n) is 5.07. The van der Waals surface area contributed by atoms with Gasteiger partial charge < -0.3 is 11.1 Å². The van der Waals surface area contributed by atoms with Crippen LogP contribution in [0.25, 0.3) is 0 Å². The molecular formula is C11H12Cl2N2O. The molecule has 0 atom stereocenters. The lowest BCUT2D eigenvalue weighted by molar-refractivity contribution is -0.123. The Morgan fingerprint density at radius 2 is 1.88 bits per heavy atom. The Morgan fingerprint density at radius 1 is 1.31 bits per heavy atom. The van der Waals surface area contributed by atoms with Crippen LogP contribution in [0.2, 0.25) is 10.0 Å². The minimum Gasteiger partial charge on any atom is -0.322 e. The minimum absolute atomic E-state index is 0.214. The summed E-state index contributed by atoms with van der Waals surface area (Å²) in [6.45, 7) is 0. The third kappa shape index (κ3) is 2.03. The van der Waals surface area contributed by atoms with E-state index in [2.05, 4.69) is 5.32 Å². The number of carbonyl (C=O) groups is 1. The van der Waals surface area contributed by atoms with Crippen LogP contribution >= 0.6 is 23.2 Å². The molecule has 0 heterocycles. The number of rotatable bonds is 2. The van der Waals surface area contributed by atoms with Gasteiger partial charge in [-0.05, 0) is 31.4 Å². The highest BCUT2D eigenvalue weighted by molar-refractivity contribution is 6.39. The zero-order valence-corrected chi connectivity index (χ0v) is 10.1. The average Bonchev–Trinajstić information content (AvgIpc) is 2.20. The van der Waals surface area contributed by atoms with Gasteiger partial charge in [0.25, 0.3) is 0 Å². The van der Waals surface area contributed by atoms with Crippen molar-refractivity contribution in [2.45, 2.75) is 24.8 Å². The van der Waals surface area contributed by atoms with Crippen LogP contribution in [0.5, 0.6) is 0 Å². The summed E-state index contributed by atoms with van der Waals surface area (Å²) in [7, 11) is 0. The van der Waals surface area contributed by atoms with Crippen molar-refractivity contribution in [2.24, 2.45) is 5.73 Å². The van der Waals surface area contributed by atoms with Crippen molar-refractivity contribution in [1.29, 1.82) is 0 Å². The summed E-state index contributed by atoms with van der Waals surface area (Å²) < 4.78 is 0. The van der Waals surface area contributed by atoms with Crippen molar-refractivity contribution < 1.29 is 4.79 Å². The highest BCUT2D eigenvalue weighted by Crippen LogP contribution is 2.34. The van der Waals surface area contributed by atoms with Gasteiger partial charge in [-0.2, -0.15) is 0 Å². The molecule has 1 saturated carbocycles. The van der Waals surface area contributed by atoms with Crippen molar-refractivity contribution in [1.82, 2.24) is 0 Å². The summed E-state index contributed by atoms with van der Waals surface area (Å²) in [5.41, 5.74) is 5.59. The normalized spacial score (nSPS) is 17.7. The molecule has 0 saturated heterocycles. The monoisotopic (exact) mass is 258 g/mol. The molecular weight excluding hydrogens is 247 g/mol. The molecule has 1 aliphatic carbocycles. The van der Waals surface area contributed by atoms with Gasteiger partial charge >= 0.3 is 0 Å². The van der Waals surface area contributed by atoms with Gasteiger partial charge in [0.05, 0.1) is 21.3 Å². The molecule has 16 heavy (non-hydrogen) atoms. The fourth-order valence-electron chi connectivity index (χ4n) is 1.64. The zero-order valence-electron chi connectivity index (χ0n) is 8.59. The van der Waals surface area contributed by atoms with Gasteiger partial charge in [0.2, 0.25) is 5.91 Å². The lowest BCUT2D eigenvalue weighted by Crippen LogP contribution is -2.56. The number of nitrogens with two attached hydrogens (primary N) is 1. The average molecular weight is 259 g/mol. The summed E-state index contributed by atoms with van der Waals surface area (Å²) in [6, 6.07) is 5.07. The fraction of sp³-hybridized carbons (Fsp3) is 0.364. The molecule has 0 spiro atoms. The number of hydrogen-bond donors (Lipinski definition) is 2. The maximum Gasteiger partial charge on any atom is 0.244 e. The van der Waals surface area contributed by atoms with E-state index in [1.54, 1.807) is 18.2 Å². The van der Waals surface area contributed by atoms with Gasteiger partial charge in [0.15, 0.2) is 0 Å². The van der Waals surface area contributed by atoms with E-state index in [4.69, 9.17) is 28.9 Å². The number of benzene rings is 1. The predicted octanol–water partition coefficient (Wildman–Crippen LogP) is 2.81. The minimum atomic E-state index is -0.748. The lowest BCUT2D eigenvalue weighted by atomic mass is 9.77. The predicted molar refractivity (Wildman–Crippen MR) is 65.9 cm³/mol. The molecule has 0 unspecified atom stereocenters. The van der Waals surface area contributed by atoms with Crippen molar-refractivity contribution in [3.8, 4) is 0 Å². The first-order chi connectivity index (χ1) is 7.53. The van der Waals surface area contributed by atoms with Gasteiger partial charge in [-0.25, -0.2) is 0 Å². The van der Waals surface area contributed by atoms with Crippen LogP contribution in [0, 0.1) is 0 Å². The first-order valence-corrected chi connectivity index (χ1v) is 5.83. The fourth-order valence-corrected chi connectivity index (χ4v) is 2.13. The van der Waals surface area contributed by atoms with E-state index in [-0.39, 0.29) is 5.91 Å². The van der Waals surface area contributed by atoms with E-state index >= 15 is 0 Å². The van der Waals surface area contributed by atoms with Gasteiger partial charge in [-0.1, -0.05) is 29.3 Å². The largest absolute Gasteiger partial charge is 0.322 e. The highest BCUT2D eigenvalue weighted by Gasteiger charge is 2.40. The Labute approximate surface area is 104 Å². The van der Waals surface area contributed by atoms with Crippen LogP contribution in [0.15, 0.2) is 18.2 Å². The van der Waals surface area contributed by atoms with Crippen molar-refractivity contribution in [3.05, 3.63) is 28.2 Å². The van der Waals surface area contributed by atoms with Crippen molar-refractivity contribution >= 4 is 34.8 Å². The molecule has 1 fully saturated rings. The van der Waals surface area contributed by atoms with Crippen LogP contribution in [-0.2, 0) is 4.79 Å². The van der Waals surface area contributed by atoms with Crippen molar-refractivity contribution in [2.75, 3.05) is 5.32 Å². The molecule has 86 valence electrons. The molecule has 5 heteroatoms. The molecule has 1 amide bonds. The SMILES string of the molecule is NC1(C(=O)Nc2c(Cl)cccc2Cl)CCC1. The first kappa shape index (κ1) is 11.7. The number of anilines is 1. The molecule has 1 aromatic carbocycles. The maximum absolute atomic E-state index is 11.9. The zero-order chi connectivity index (χ0) is 11.8. The molecule has 0 aliphatic heterocycles. The molecule has 3 N–H and O–H groups in total. The third-order valence-electron chi connectivity index (χ3n) is 2.90. The smallest absolute Gasteiger partial charge is 0.244 e. The van der Waals surface area contributed by atoms with Gasteiger partial charge in [-0.3, -0.25) is 4.79 Å². The van der Waals surface area contributed by atoms with E-state index in [1.165, 1.54) is 0 Å². The molecule has 0 bridgehead atoms. The Morgan fingerprint density at radius 3 is 2.31 bits per heavy atom. The second kappa shape index (κ2) is 4.24. The van der Waals surface area contributed by atoms with Crippen LogP contribution in [-0.4, -0.2) is 11.4 Å². The summed E-state index contributed by atoms with van der Waals surface area (Å²) in [5, 5.41) is 3.53. The van der Waals surface area contributed by atoms with Crippen LogP contribution in [0.3, 0.4) is 0 Å². The van der Waals surface area contributed by atoms with E-state index < -0.39 is 5.54 Å². The Hall–Kier alpha value is -0.770. The van der Waals surface area contributed by atoms with Gasteiger partial charge in [-0.15, -0.1) is 0 Å². The van der Waals surface area contributed by atoms with E-state index in [9.17, 15) is 4.79 Å². The van der Waals surface area contributed by atoms with E-state index in [0.29, 0.717) is 28.6 Å². The number of amides is 1. The standard InChI is InChI=1S/C11H12Cl2N2O/c12-7-3-1-4-8(13)9(7)15-10(16)11(14)5-2-6-11/h1,3-4H,2,5-6,14H2,(H,15,16). The highest BCUT2D eigenvalue weighted by atomic mass is 35.5. The van der Waals surface area contributed by atoms with Crippen LogP contribution < -0.4 is 11.1 Å². The molecule has 1 aromatic rings. The molecule has 1 aliphatic rings. The summed E-state index contributed by atoms with van der Waals surface area (Å²) in [6.07, 6.45) is 2.40. The Bertz CT molecular complexity index is 410. The molecule has 0 aromatic heterocycles. The third-order valence-corrected chi connectivity index (χ3v) is 3.53. The van der Waals surface area contributed by atoms with Crippen LogP contribution in [0.4, 0.5) is 5.69 Å². The summed E-state index contributed by atoms with van der Waals surface area (Å²) in [4.78, 5) is 11.9. The number of nitrogens with one attached hydrogen (secondary N) is 1. The Kier molecular flexibility index (Phi) is 3.10. The second-order valence-corrected chi connectivity index (χ2v) is 4.87. The molecule has 3 nitrogen and oxygen atoms in total. The summed E-state index contributed by atoms with van der Waals surface area (Å²) >= 11 is 11.9. The Balaban J connectivity index is 2.18. The molecule has 0 radical (unpaired) electrons. The van der Waals surface area contributed by atoms with E-state index in [1.807, 2.05) is 0 Å². The lowest BCUT2D eigenvalue weighted by Gasteiger charge is -2.36. The number of carbonyl (C=O) groups excluding carboxylic acids is 1. The van der Waals surface area contributed by atoms with Gasteiger partial charge in [0, 0.05) is 0 Å². The quantitative estimate of drug-likeness (QED) is 0.858. The second-order valence-electron chi connectivity index (χ2n) is 4.06. The molecule has 2 rings (SSSR count).